The lowest BCUT2D eigenvalue weighted by Gasteiger charge is -2.44. The Bertz CT molecular complexity index is 993. The summed E-state index contributed by atoms with van der Waals surface area (Å²) in [6.45, 7) is 3.01. The van der Waals surface area contributed by atoms with Gasteiger partial charge in [-0.1, -0.05) is 0 Å². The third-order valence-corrected chi connectivity index (χ3v) is 5.25. The second-order valence-corrected chi connectivity index (χ2v) is 8.69. The summed E-state index contributed by atoms with van der Waals surface area (Å²) in [6, 6.07) is 2.68. The van der Waals surface area contributed by atoms with E-state index in [9.17, 15) is 28.6 Å². The zero-order valence-corrected chi connectivity index (χ0v) is 20.5. The number of halogens is 1. The largest absolute Gasteiger partial charge is 0.529 e. The predicted molar refractivity (Wildman–Crippen MR) is 113 cm³/mol. The van der Waals surface area contributed by atoms with Gasteiger partial charge in [-0.25, -0.2) is 13.5 Å². The van der Waals surface area contributed by atoms with Crippen LogP contribution in [0, 0.1) is 0 Å². The van der Waals surface area contributed by atoms with E-state index in [0.717, 1.165) is 33.9 Å². The van der Waals surface area contributed by atoms with Gasteiger partial charge in [-0.05, 0) is 12.1 Å². The van der Waals surface area contributed by atoms with E-state index in [2.05, 4.69) is 9.72 Å². The van der Waals surface area contributed by atoms with Gasteiger partial charge in [0.15, 0.2) is 24.5 Å². The Balaban J connectivity index is 2.47. The Kier molecular flexibility index (Phi) is 10.3. The Labute approximate surface area is 204 Å². The van der Waals surface area contributed by atoms with Gasteiger partial charge in [-0.2, -0.15) is 0 Å². The maximum atomic E-state index is 15.1. The predicted octanol–water partition coefficient (Wildman–Crippen LogP) is 0.999. The third-order valence-electron chi connectivity index (χ3n) is 4.33. The summed E-state index contributed by atoms with van der Waals surface area (Å²) in [5.41, 5.74) is 0. The topological polar surface area (TPSA) is 183 Å². The number of carbonyl (C=O) groups is 4. The number of hydrogen-bond donors (Lipinski definition) is 1. The number of rotatable bonds is 10. The molecule has 0 bridgehead atoms. The lowest BCUT2D eigenvalue weighted by molar-refractivity contribution is -0.296. The highest BCUT2D eigenvalue weighted by atomic mass is 31.2. The Morgan fingerprint density at radius 2 is 1.61 bits per heavy atom. The Morgan fingerprint density at radius 3 is 2.14 bits per heavy atom. The zero-order chi connectivity index (χ0) is 27.0. The molecule has 1 aromatic rings. The molecule has 0 radical (unpaired) electrons. The number of hydrogen-bond acceptors (Lipinski definition) is 13. The molecule has 1 aromatic heterocycles. The number of esters is 4. The van der Waals surface area contributed by atoms with Gasteiger partial charge in [0, 0.05) is 33.9 Å². The van der Waals surface area contributed by atoms with E-state index < -0.39 is 75.2 Å². The lowest BCUT2D eigenvalue weighted by Crippen LogP contribution is -2.64. The number of carbonyl (C=O) groups excluding carboxylic acids is 4. The first-order valence-corrected chi connectivity index (χ1v) is 11.8. The van der Waals surface area contributed by atoms with E-state index in [0.29, 0.717) is 0 Å². The van der Waals surface area contributed by atoms with Gasteiger partial charge in [0.25, 0.3) is 0 Å². The maximum absolute atomic E-state index is 15.1. The van der Waals surface area contributed by atoms with Crippen molar-refractivity contribution in [1.82, 2.24) is 4.98 Å². The molecule has 7 atom stereocenters. The van der Waals surface area contributed by atoms with Crippen LogP contribution < -0.4 is 4.52 Å². The molecule has 0 spiro atoms. The minimum Gasteiger partial charge on any atom is -0.463 e. The highest BCUT2D eigenvalue weighted by Gasteiger charge is 2.56. The fourth-order valence-electron chi connectivity index (χ4n) is 3.16. The third kappa shape index (κ3) is 8.82. The fraction of sp³-hybridized carbons (Fsp3) is 0.550. The smallest absolute Gasteiger partial charge is 0.463 e. The van der Waals surface area contributed by atoms with Crippen molar-refractivity contribution in [3.05, 3.63) is 24.5 Å². The number of nitrogens with zero attached hydrogens (tertiary/aromatic N) is 1. The molecule has 2 rings (SSSR count). The minimum atomic E-state index is -5.07. The molecule has 2 heterocycles. The molecule has 1 N–H and O–H groups in total. The van der Waals surface area contributed by atoms with E-state index in [4.69, 9.17) is 28.0 Å². The quantitative estimate of drug-likeness (QED) is 0.253. The molecule has 0 amide bonds. The van der Waals surface area contributed by atoms with Gasteiger partial charge in [-0.3, -0.25) is 29.1 Å². The summed E-state index contributed by atoms with van der Waals surface area (Å²) in [6.07, 6.45) is -9.08. The van der Waals surface area contributed by atoms with Crippen LogP contribution >= 0.6 is 7.82 Å². The molecular formula is C20H25FNO13P. The molecule has 16 heteroatoms. The molecule has 1 fully saturated rings. The molecule has 36 heavy (non-hydrogen) atoms. The van der Waals surface area contributed by atoms with E-state index in [1.54, 1.807) is 0 Å². The first kappa shape index (κ1) is 29.1. The van der Waals surface area contributed by atoms with E-state index >= 15 is 4.39 Å². The van der Waals surface area contributed by atoms with E-state index in [1.165, 1.54) is 18.3 Å². The van der Waals surface area contributed by atoms with Crippen molar-refractivity contribution in [3.8, 4) is 5.75 Å². The normalized spacial score (nSPS) is 26.0. The van der Waals surface area contributed by atoms with Gasteiger partial charge >= 0.3 is 31.7 Å². The van der Waals surface area contributed by atoms with Crippen LogP contribution in [0.5, 0.6) is 5.75 Å². The second-order valence-electron chi connectivity index (χ2n) is 7.36. The number of alkyl halides is 1. The molecule has 1 aliphatic heterocycles. The standard InChI is InChI=1S/C20H25FNO13P/c1-10(23)29-9-15(21)16-17(30-11(2)24)18(31-12(3)25)19(32-13(4)26)20(33-16)35-36(27,28)34-14-6-5-7-22-8-14/h5-8,15-20H,9H2,1-4H3,(H,27,28)/t15-,16+,17+,18-,19-,20-/m0/s1. The average Bonchev–Trinajstić information content (AvgIpc) is 2.75. The summed E-state index contributed by atoms with van der Waals surface area (Å²) in [5, 5.41) is 0. The van der Waals surface area contributed by atoms with Gasteiger partial charge in [0.2, 0.25) is 6.29 Å². The highest BCUT2D eigenvalue weighted by molar-refractivity contribution is 7.47. The zero-order valence-electron chi connectivity index (χ0n) is 19.6. The summed E-state index contributed by atoms with van der Waals surface area (Å²) in [7, 11) is -5.07. The molecule has 200 valence electrons. The minimum absolute atomic E-state index is 0.188. The number of aromatic nitrogens is 1. The number of phosphoric acid groups is 1. The number of pyridine rings is 1. The van der Waals surface area contributed by atoms with E-state index in [-0.39, 0.29) is 5.75 Å². The van der Waals surface area contributed by atoms with Gasteiger partial charge in [0.1, 0.15) is 18.5 Å². The average molecular weight is 537 g/mol. The Hall–Kier alpha value is -3.13. The molecule has 0 aliphatic carbocycles. The van der Waals surface area contributed by atoms with Crippen molar-refractivity contribution in [1.29, 1.82) is 0 Å². The molecule has 1 saturated heterocycles. The van der Waals surface area contributed by atoms with E-state index in [1.807, 2.05) is 0 Å². The maximum Gasteiger partial charge on any atom is 0.529 e. The molecular weight excluding hydrogens is 512 g/mol. The van der Waals surface area contributed by atoms with Crippen molar-refractivity contribution in [2.24, 2.45) is 0 Å². The molecule has 1 aliphatic rings. The van der Waals surface area contributed by atoms with Crippen molar-refractivity contribution in [3.63, 3.8) is 0 Å². The van der Waals surface area contributed by atoms with Crippen LogP contribution in [0.25, 0.3) is 0 Å². The first-order chi connectivity index (χ1) is 16.8. The number of phosphoric ester groups is 1. The number of ether oxygens (including phenoxy) is 5. The van der Waals surface area contributed by atoms with Crippen molar-refractivity contribution >= 4 is 31.7 Å². The Morgan fingerprint density at radius 1 is 1.03 bits per heavy atom. The van der Waals surface area contributed by atoms with Crippen LogP contribution in [-0.2, 0) is 52.0 Å². The molecule has 0 saturated carbocycles. The highest BCUT2D eigenvalue weighted by Crippen LogP contribution is 2.47. The molecule has 1 unspecified atom stereocenters. The summed E-state index contributed by atoms with van der Waals surface area (Å²) < 4.78 is 63.1. The summed E-state index contributed by atoms with van der Waals surface area (Å²) in [5.74, 6) is -3.94. The van der Waals surface area contributed by atoms with Crippen molar-refractivity contribution < 1.29 is 65.8 Å². The van der Waals surface area contributed by atoms with Crippen molar-refractivity contribution in [2.45, 2.75) is 64.6 Å². The van der Waals surface area contributed by atoms with Crippen LogP contribution in [0.1, 0.15) is 27.7 Å². The second kappa shape index (κ2) is 12.7. The van der Waals surface area contributed by atoms with Gasteiger partial charge in [0.05, 0.1) is 6.20 Å². The molecule has 14 nitrogen and oxygen atoms in total. The van der Waals surface area contributed by atoms with Crippen LogP contribution in [0.2, 0.25) is 0 Å². The van der Waals surface area contributed by atoms with Gasteiger partial charge < -0.3 is 28.2 Å². The monoisotopic (exact) mass is 537 g/mol. The first-order valence-electron chi connectivity index (χ1n) is 10.3. The van der Waals surface area contributed by atoms with Crippen LogP contribution in [0.4, 0.5) is 4.39 Å². The van der Waals surface area contributed by atoms with Gasteiger partial charge in [-0.15, -0.1) is 0 Å². The SMILES string of the molecule is CC(=O)OC[C@H](F)[C@H]1O[C@@H](OP(=O)(O)Oc2cccnc2)[C@@H](OC(C)=O)[C@@H](OC(C)=O)[C@@H]1OC(C)=O. The lowest BCUT2D eigenvalue weighted by atomic mass is 9.95. The fourth-order valence-corrected chi connectivity index (χ4v) is 4.01. The summed E-state index contributed by atoms with van der Waals surface area (Å²) in [4.78, 5) is 60.5. The van der Waals surface area contributed by atoms with Crippen molar-refractivity contribution in [2.75, 3.05) is 6.61 Å². The summed E-state index contributed by atoms with van der Waals surface area (Å²) >= 11 is 0. The van der Waals surface area contributed by atoms with Crippen LogP contribution in [-0.4, -0.2) is 77.2 Å². The van der Waals surface area contributed by atoms with Crippen LogP contribution in [0.15, 0.2) is 24.5 Å². The molecule has 0 aromatic carbocycles. The van der Waals surface area contributed by atoms with Crippen LogP contribution in [0.3, 0.4) is 0 Å².